The van der Waals surface area contributed by atoms with Crippen LogP contribution in [0.4, 0.5) is 4.79 Å². The molecule has 0 aliphatic carbocycles. The Morgan fingerprint density at radius 2 is 2.04 bits per heavy atom. The Labute approximate surface area is 144 Å². The molecular formula is C15H19N3O5S. The quantitative estimate of drug-likeness (QED) is 0.502. The molecule has 1 heterocycles. The summed E-state index contributed by atoms with van der Waals surface area (Å²) in [4.78, 5) is 37.8. The molecule has 1 fully saturated rings. The van der Waals surface area contributed by atoms with Crippen LogP contribution in [0.5, 0.6) is 0 Å². The number of rotatable bonds is 4. The van der Waals surface area contributed by atoms with Crippen molar-refractivity contribution >= 4 is 24.6 Å². The number of carbonyl (C=O) groups excluding carboxylic acids is 2. The van der Waals surface area contributed by atoms with Crippen molar-refractivity contribution in [3.05, 3.63) is 46.0 Å². The number of amides is 2. The molecule has 2 atom stereocenters. The molecule has 2 unspecified atom stereocenters. The molecule has 130 valence electrons. The fourth-order valence-corrected chi connectivity index (χ4v) is 3.12. The van der Waals surface area contributed by atoms with Crippen LogP contribution in [-0.2, 0) is 16.1 Å². The van der Waals surface area contributed by atoms with Crippen LogP contribution in [0.1, 0.15) is 12.0 Å². The minimum atomic E-state index is -2.18. The second-order valence-corrected chi connectivity index (χ2v) is 6.51. The van der Waals surface area contributed by atoms with Gasteiger partial charge in [0.25, 0.3) is 0 Å². The number of hydrogen-bond donors (Lipinski definition) is 1. The summed E-state index contributed by atoms with van der Waals surface area (Å²) >= 11 is 4.23. The highest BCUT2D eigenvalue weighted by atomic mass is 32.1. The first-order valence-corrected chi connectivity index (χ1v) is 7.83. The van der Waals surface area contributed by atoms with Crippen molar-refractivity contribution in [3.63, 3.8) is 0 Å². The van der Waals surface area contributed by atoms with Crippen LogP contribution in [-0.4, -0.2) is 58.3 Å². The van der Waals surface area contributed by atoms with Crippen LogP contribution >= 0.6 is 12.6 Å². The van der Waals surface area contributed by atoms with Gasteiger partial charge in [0.05, 0.1) is 11.3 Å². The molecule has 1 aromatic rings. The van der Waals surface area contributed by atoms with Crippen molar-refractivity contribution < 1.29 is 19.2 Å². The van der Waals surface area contributed by atoms with Crippen molar-refractivity contribution in [2.45, 2.75) is 23.9 Å². The summed E-state index contributed by atoms with van der Waals surface area (Å²) < 4.78 is 5.17. The number of carbonyl (C=O) groups is 2. The third kappa shape index (κ3) is 3.30. The maximum Gasteiger partial charge on any atom is 0.416 e. The van der Waals surface area contributed by atoms with Gasteiger partial charge in [-0.3, -0.25) is 14.9 Å². The lowest BCUT2D eigenvalue weighted by atomic mass is 10.1. The lowest BCUT2D eigenvalue weighted by molar-refractivity contribution is -0.574. The number of likely N-dealkylation sites (tertiary alicyclic amines) is 1. The van der Waals surface area contributed by atoms with E-state index < -0.39 is 27.8 Å². The number of benzene rings is 1. The van der Waals surface area contributed by atoms with E-state index in [1.165, 1.54) is 14.1 Å². The van der Waals surface area contributed by atoms with Gasteiger partial charge in [-0.25, -0.2) is 9.69 Å². The van der Waals surface area contributed by atoms with Gasteiger partial charge < -0.3 is 9.64 Å². The maximum atomic E-state index is 12.4. The number of thiol groups is 1. The first kappa shape index (κ1) is 18.1. The molecule has 8 nitrogen and oxygen atoms in total. The van der Waals surface area contributed by atoms with Crippen LogP contribution in [0.15, 0.2) is 30.3 Å². The number of nitro groups is 1. The van der Waals surface area contributed by atoms with Crippen molar-refractivity contribution in [3.8, 4) is 0 Å². The Bertz CT molecular complexity index is 639. The first-order valence-electron chi connectivity index (χ1n) is 7.31. The molecule has 0 N–H and O–H groups in total. The fraction of sp³-hybridized carbons (Fsp3) is 0.467. The maximum absolute atomic E-state index is 12.4. The monoisotopic (exact) mass is 353 g/mol. The SMILES string of the molecule is CN(C)C(=O)C1([N+](=O)[O-])CC(S)CN1C(=O)OCc1ccccc1. The molecule has 1 aliphatic heterocycles. The highest BCUT2D eigenvalue weighted by Crippen LogP contribution is 2.35. The average molecular weight is 353 g/mol. The van der Waals surface area contributed by atoms with Gasteiger partial charge in [-0.1, -0.05) is 30.3 Å². The highest BCUT2D eigenvalue weighted by Gasteiger charge is 2.64. The molecule has 1 aliphatic rings. The van der Waals surface area contributed by atoms with Crippen LogP contribution in [0.2, 0.25) is 0 Å². The van der Waals surface area contributed by atoms with Gasteiger partial charge in [-0.05, 0) is 5.56 Å². The molecule has 1 saturated heterocycles. The summed E-state index contributed by atoms with van der Waals surface area (Å²) in [5.74, 6) is -0.777. The Kier molecular flexibility index (Phi) is 5.33. The van der Waals surface area contributed by atoms with Crippen molar-refractivity contribution in [1.29, 1.82) is 0 Å². The summed E-state index contributed by atoms with van der Waals surface area (Å²) in [7, 11) is 2.82. The van der Waals surface area contributed by atoms with Gasteiger partial charge in [0.15, 0.2) is 0 Å². The minimum absolute atomic E-state index is 0.0304. The third-order valence-corrected chi connectivity index (χ3v) is 4.18. The average Bonchev–Trinajstić information content (AvgIpc) is 2.91. The zero-order valence-electron chi connectivity index (χ0n) is 13.4. The van der Waals surface area contributed by atoms with Crippen LogP contribution < -0.4 is 0 Å². The van der Waals surface area contributed by atoms with Crippen molar-refractivity contribution in [1.82, 2.24) is 9.80 Å². The van der Waals surface area contributed by atoms with E-state index in [9.17, 15) is 19.7 Å². The van der Waals surface area contributed by atoms with Gasteiger partial charge in [0.1, 0.15) is 6.61 Å². The van der Waals surface area contributed by atoms with E-state index in [2.05, 4.69) is 12.6 Å². The van der Waals surface area contributed by atoms with E-state index in [1.54, 1.807) is 24.3 Å². The molecular weight excluding hydrogens is 334 g/mol. The summed E-state index contributed by atoms with van der Waals surface area (Å²) in [6.45, 7) is -0.0609. The Morgan fingerprint density at radius 1 is 1.42 bits per heavy atom. The van der Waals surface area contributed by atoms with E-state index in [0.29, 0.717) is 0 Å². The zero-order chi connectivity index (χ0) is 17.9. The highest BCUT2D eigenvalue weighted by molar-refractivity contribution is 7.81. The number of nitrogens with zero attached hydrogens (tertiary/aromatic N) is 3. The smallest absolute Gasteiger partial charge is 0.416 e. The van der Waals surface area contributed by atoms with Crippen molar-refractivity contribution in [2.24, 2.45) is 0 Å². The molecule has 0 radical (unpaired) electrons. The summed E-state index contributed by atoms with van der Waals surface area (Å²) in [5.41, 5.74) is -1.43. The second kappa shape index (κ2) is 7.08. The van der Waals surface area contributed by atoms with Crippen LogP contribution in [0, 0.1) is 10.1 Å². The van der Waals surface area contributed by atoms with E-state index in [4.69, 9.17) is 4.74 Å². The number of likely N-dealkylation sites (N-methyl/N-ethyl adjacent to an activating group) is 1. The van der Waals surface area contributed by atoms with E-state index in [1.807, 2.05) is 6.07 Å². The molecule has 0 aromatic heterocycles. The standard InChI is InChI=1S/C15H19N3O5S/c1-16(2)13(19)15(18(21)22)8-12(24)9-17(15)14(20)23-10-11-6-4-3-5-7-11/h3-7,12,24H,8-10H2,1-2H3. The normalized spacial score (nSPS) is 23.0. The Balaban J connectivity index is 2.23. The Hall–Kier alpha value is -2.29. The lowest BCUT2D eigenvalue weighted by Gasteiger charge is -2.30. The first-order chi connectivity index (χ1) is 11.3. The molecule has 24 heavy (non-hydrogen) atoms. The predicted octanol–water partition coefficient (Wildman–Crippen LogP) is 1.39. The fourth-order valence-electron chi connectivity index (χ4n) is 2.70. The Morgan fingerprint density at radius 3 is 2.58 bits per heavy atom. The van der Waals surface area contributed by atoms with Gasteiger partial charge in [0, 0.05) is 25.9 Å². The summed E-state index contributed by atoms with van der Waals surface area (Å²) in [6, 6.07) is 8.94. The van der Waals surface area contributed by atoms with Crippen LogP contribution in [0.25, 0.3) is 0 Å². The van der Waals surface area contributed by atoms with Crippen LogP contribution in [0.3, 0.4) is 0 Å². The minimum Gasteiger partial charge on any atom is -0.444 e. The topological polar surface area (TPSA) is 93.0 Å². The van der Waals surface area contributed by atoms with Crippen molar-refractivity contribution in [2.75, 3.05) is 20.6 Å². The lowest BCUT2D eigenvalue weighted by Crippen LogP contribution is -2.61. The van der Waals surface area contributed by atoms with Gasteiger partial charge in [-0.2, -0.15) is 12.6 Å². The van der Waals surface area contributed by atoms with Gasteiger partial charge >= 0.3 is 17.7 Å². The van der Waals surface area contributed by atoms with E-state index in [-0.39, 0.29) is 19.6 Å². The predicted molar refractivity (Wildman–Crippen MR) is 89.1 cm³/mol. The molecule has 1 aromatic carbocycles. The van der Waals surface area contributed by atoms with Gasteiger partial charge in [0.2, 0.25) is 0 Å². The molecule has 9 heteroatoms. The summed E-state index contributed by atoms with van der Waals surface area (Å²) in [5, 5.41) is 11.2. The van der Waals surface area contributed by atoms with E-state index in [0.717, 1.165) is 15.4 Å². The number of hydrogen-bond acceptors (Lipinski definition) is 6. The molecule has 0 saturated carbocycles. The second-order valence-electron chi connectivity index (χ2n) is 5.78. The number of ether oxygens (including phenoxy) is 1. The van der Waals surface area contributed by atoms with Gasteiger partial charge in [-0.15, -0.1) is 0 Å². The largest absolute Gasteiger partial charge is 0.444 e. The molecule has 0 spiro atoms. The molecule has 0 bridgehead atoms. The molecule has 2 amide bonds. The molecule has 2 rings (SSSR count). The summed E-state index contributed by atoms with van der Waals surface area (Å²) in [6.07, 6.45) is -1.07. The van der Waals surface area contributed by atoms with E-state index >= 15 is 0 Å². The zero-order valence-corrected chi connectivity index (χ0v) is 14.3. The third-order valence-electron chi connectivity index (χ3n) is 3.84.